The summed E-state index contributed by atoms with van der Waals surface area (Å²) in [4.78, 5) is 12.3. The van der Waals surface area contributed by atoms with Crippen LogP contribution in [0.15, 0.2) is 48.5 Å². The highest BCUT2D eigenvalue weighted by Crippen LogP contribution is 2.22. The van der Waals surface area contributed by atoms with Gasteiger partial charge in [-0.15, -0.1) is 0 Å². The van der Waals surface area contributed by atoms with Gasteiger partial charge in [0.05, 0.1) is 5.92 Å². The van der Waals surface area contributed by atoms with Crippen LogP contribution in [-0.4, -0.2) is 5.91 Å². The van der Waals surface area contributed by atoms with Gasteiger partial charge in [0, 0.05) is 5.69 Å². The fourth-order valence-corrected chi connectivity index (χ4v) is 2.16. The second kappa shape index (κ2) is 6.33. The molecule has 0 aliphatic carbocycles. The summed E-state index contributed by atoms with van der Waals surface area (Å²) in [5, 5.41) is 2.78. The van der Waals surface area contributed by atoms with Gasteiger partial charge in [-0.2, -0.15) is 0 Å². The molecule has 0 spiro atoms. The maximum atomic E-state index is 13.5. The summed E-state index contributed by atoms with van der Waals surface area (Å²) in [7, 11) is 0. The minimum atomic E-state index is -0.310. The Morgan fingerprint density at radius 3 is 2.50 bits per heavy atom. The monoisotopic (exact) mass is 271 g/mol. The fraction of sp³-hybridized carbons (Fsp3) is 0.235. The molecule has 0 aliphatic rings. The minimum Gasteiger partial charge on any atom is -0.325 e. The molecule has 0 fully saturated rings. The van der Waals surface area contributed by atoms with Crippen LogP contribution >= 0.6 is 0 Å². The number of amides is 1. The maximum absolute atomic E-state index is 13.5. The van der Waals surface area contributed by atoms with E-state index in [0.29, 0.717) is 17.7 Å². The quantitative estimate of drug-likeness (QED) is 0.884. The Bertz CT molecular complexity index is 595. The number of rotatable bonds is 4. The Labute approximate surface area is 118 Å². The molecule has 0 aromatic heterocycles. The molecule has 0 saturated heterocycles. The van der Waals surface area contributed by atoms with Crippen LogP contribution in [0.3, 0.4) is 0 Å². The third-order valence-electron chi connectivity index (χ3n) is 3.37. The number of carbonyl (C=O) groups excluding carboxylic acids is 1. The molecule has 0 aliphatic heterocycles. The van der Waals surface area contributed by atoms with Crippen LogP contribution in [0, 0.1) is 12.7 Å². The third kappa shape index (κ3) is 3.23. The van der Waals surface area contributed by atoms with E-state index in [0.717, 1.165) is 5.56 Å². The first kappa shape index (κ1) is 14.3. The number of halogens is 1. The van der Waals surface area contributed by atoms with E-state index in [1.165, 1.54) is 6.07 Å². The number of hydrogen-bond donors (Lipinski definition) is 1. The summed E-state index contributed by atoms with van der Waals surface area (Å²) in [6.45, 7) is 3.66. The lowest BCUT2D eigenvalue weighted by Gasteiger charge is -2.15. The normalized spacial score (nSPS) is 11.9. The first-order chi connectivity index (χ1) is 9.61. The van der Waals surface area contributed by atoms with Gasteiger partial charge < -0.3 is 5.32 Å². The molecule has 104 valence electrons. The SMILES string of the molecule is CCC(C(=O)Nc1ccc(C)c(F)c1)c1ccccc1. The largest absolute Gasteiger partial charge is 0.325 e. The molecule has 3 heteroatoms. The summed E-state index contributed by atoms with van der Waals surface area (Å²) in [5.41, 5.74) is 2.03. The maximum Gasteiger partial charge on any atom is 0.231 e. The smallest absolute Gasteiger partial charge is 0.231 e. The van der Waals surface area contributed by atoms with Gasteiger partial charge >= 0.3 is 0 Å². The van der Waals surface area contributed by atoms with Crippen LogP contribution in [0.2, 0.25) is 0 Å². The second-order valence-corrected chi connectivity index (χ2v) is 4.82. The summed E-state index contributed by atoms with van der Waals surface area (Å²) >= 11 is 0. The zero-order chi connectivity index (χ0) is 14.5. The Hall–Kier alpha value is -2.16. The number of aryl methyl sites for hydroxylation is 1. The first-order valence-corrected chi connectivity index (χ1v) is 6.73. The molecule has 2 rings (SSSR count). The van der Waals surface area contributed by atoms with Gasteiger partial charge in [0.15, 0.2) is 0 Å². The summed E-state index contributed by atoms with van der Waals surface area (Å²) in [5.74, 6) is -0.641. The van der Waals surface area contributed by atoms with Crippen molar-refractivity contribution in [1.82, 2.24) is 0 Å². The van der Waals surface area contributed by atoms with E-state index in [1.54, 1.807) is 19.1 Å². The zero-order valence-corrected chi connectivity index (χ0v) is 11.7. The first-order valence-electron chi connectivity index (χ1n) is 6.73. The van der Waals surface area contributed by atoms with Crippen molar-refractivity contribution in [1.29, 1.82) is 0 Å². The second-order valence-electron chi connectivity index (χ2n) is 4.82. The molecule has 0 radical (unpaired) electrons. The number of anilines is 1. The number of nitrogens with one attached hydrogen (secondary N) is 1. The molecule has 1 amide bonds. The Balaban J connectivity index is 2.15. The molecule has 20 heavy (non-hydrogen) atoms. The van der Waals surface area contributed by atoms with Crippen LogP contribution in [0.1, 0.15) is 30.4 Å². The molecule has 1 unspecified atom stereocenters. The van der Waals surface area contributed by atoms with Gasteiger partial charge in [-0.3, -0.25) is 4.79 Å². The number of hydrogen-bond acceptors (Lipinski definition) is 1. The van der Waals surface area contributed by atoms with Gasteiger partial charge in [-0.1, -0.05) is 43.3 Å². The lowest BCUT2D eigenvalue weighted by Crippen LogP contribution is -2.20. The van der Waals surface area contributed by atoms with Crippen LogP contribution in [0.25, 0.3) is 0 Å². The Morgan fingerprint density at radius 1 is 1.20 bits per heavy atom. The van der Waals surface area contributed by atoms with Crippen molar-refractivity contribution in [3.63, 3.8) is 0 Å². The van der Waals surface area contributed by atoms with Crippen molar-refractivity contribution in [2.75, 3.05) is 5.32 Å². The van der Waals surface area contributed by atoms with Crippen molar-refractivity contribution in [2.45, 2.75) is 26.2 Å². The van der Waals surface area contributed by atoms with Crippen LogP contribution in [0.4, 0.5) is 10.1 Å². The van der Waals surface area contributed by atoms with E-state index in [4.69, 9.17) is 0 Å². The molecule has 1 atom stereocenters. The zero-order valence-electron chi connectivity index (χ0n) is 11.7. The highest BCUT2D eigenvalue weighted by molar-refractivity contribution is 5.95. The number of carbonyl (C=O) groups is 1. The standard InChI is InChI=1S/C17H18FNO/c1-3-15(13-7-5-4-6-8-13)17(20)19-14-10-9-12(2)16(18)11-14/h4-11,15H,3H2,1-2H3,(H,19,20). The van der Waals surface area contributed by atoms with Gasteiger partial charge in [-0.25, -0.2) is 4.39 Å². The average molecular weight is 271 g/mol. The van der Waals surface area contributed by atoms with Gasteiger partial charge in [0.1, 0.15) is 5.82 Å². The molecular weight excluding hydrogens is 253 g/mol. The predicted molar refractivity (Wildman–Crippen MR) is 79.2 cm³/mol. The molecule has 0 bridgehead atoms. The summed E-state index contributed by atoms with van der Waals surface area (Å²) in [6.07, 6.45) is 0.699. The molecule has 2 aromatic rings. The van der Waals surface area contributed by atoms with Gasteiger partial charge in [0.25, 0.3) is 0 Å². The Kier molecular flexibility index (Phi) is 4.51. The van der Waals surface area contributed by atoms with Crippen LogP contribution < -0.4 is 5.32 Å². The highest BCUT2D eigenvalue weighted by atomic mass is 19.1. The lowest BCUT2D eigenvalue weighted by molar-refractivity contribution is -0.117. The third-order valence-corrected chi connectivity index (χ3v) is 3.37. The van der Waals surface area contributed by atoms with Crippen molar-refractivity contribution in [3.8, 4) is 0 Å². The molecular formula is C17H18FNO. The van der Waals surface area contributed by atoms with Gasteiger partial charge in [0.2, 0.25) is 5.91 Å². The molecule has 0 saturated carbocycles. The summed E-state index contributed by atoms with van der Waals surface area (Å²) < 4.78 is 13.5. The fourth-order valence-electron chi connectivity index (χ4n) is 2.16. The van der Waals surface area contributed by atoms with Gasteiger partial charge in [-0.05, 0) is 36.6 Å². The Morgan fingerprint density at radius 2 is 1.90 bits per heavy atom. The molecule has 2 aromatic carbocycles. The predicted octanol–water partition coefficient (Wildman–Crippen LogP) is 4.27. The van der Waals surface area contributed by atoms with Crippen molar-refractivity contribution < 1.29 is 9.18 Å². The lowest BCUT2D eigenvalue weighted by atomic mass is 9.95. The van der Waals surface area contributed by atoms with Crippen molar-refractivity contribution in [2.24, 2.45) is 0 Å². The van der Waals surface area contributed by atoms with Crippen molar-refractivity contribution >= 4 is 11.6 Å². The number of benzene rings is 2. The van der Waals surface area contributed by atoms with Crippen LogP contribution in [0.5, 0.6) is 0 Å². The van der Waals surface area contributed by atoms with E-state index < -0.39 is 0 Å². The van der Waals surface area contributed by atoms with Crippen LogP contribution in [-0.2, 0) is 4.79 Å². The van der Waals surface area contributed by atoms with Crippen molar-refractivity contribution in [3.05, 3.63) is 65.5 Å². The topological polar surface area (TPSA) is 29.1 Å². The average Bonchev–Trinajstić information content (AvgIpc) is 2.45. The van der Waals surface area contributed by atoms with E-state index >= 15 is 0 Å². The molecule has 1 N–H and O–H groups in total. The van der Waals surface area contributed by atoms with E-state index in [1.807, 2.05) is 37.3 Å². The van der Waals surface area contributed by atoms with E-state index in [2.05, 4.69) is 5.32 Å². The molecule has 2 nitrogen and oxygen atoms in total. The van der Waals surface area contributed by atoms with E-state index in [-0.39, 0.29) is 17.6 Å². The van der Waals surface area contributed by atoms with E-state index in [9.17, 15) is 9.18 Å². The highest BCUT2D eigenvalue weighted by Gasteiger charge is 2.18. The summed E-state index contributed by atoms with van der Waals surface area (Å²) in [6, 6.07) is 14.3. The molecule has 0 heterocycles. The minimum absolute atomic E-state index is 0.109.